The fourth-order valence-corrected chi connectivity index (χ4v) is 1.19. The largest absolute Gasteiger partial charge is 0.394 e. The van der Waals surface area contributed by atoms with Crippen LogP contribution >= 0.6 is 12.4 Å². The number of hydrogen-bond donors (Lipinski definition) is 2. The van der Waals surface area contributed by atoms with Crippen molar-refractivity contribution in [2.24, 2.45) is 5.73 Å². The van der Waals surface area contributed by atoms with Crippen LogP contribution in [0, 0.1) is 0 Å². The molecule has 0 aliphatic carbocycles. The summed E-state index contributed by atoms with van der Waals surface area (Å²) in [5.74, 6) is 0. The third-order valence-corrected chi connectivity index (χ3v) is 2.02. The van der Waals surface area contributed by atoms with Crippen LogP contribution < -0.4 is 5.73 Å². The van der Waals surface area contributed by atoms with Crippen LogP contribution in [0.25, 0.3) is 0 Å². The van der Waals surface area contributed by atoms with Crippen molar-refractivity contribution in [2.45, 2.75) is 24.8 Å². The van der Waals surface area contributed by atoms with Crippen LogP contribution in [-0.4, -0.2) is 30.5 Å². The van der Waals surface area contributed by atoms with Gasteiger partial charge in [0, 0.05) is 18.8 Å². The molecule has 1 fully saturated rings. The maximum absolute atomic E-state index is 8.89. The zero-order valence-corrected chi connectivity index (χ0v) is 7.40. The molecule has 11 heavy (non-hydrogen) atoms. The molecule has 0 amide bonds. The van der Waals surface area contributed by atoms with E-state index in [1.807, 2.05) is 0 Å². The van der Waals surface area contributed by atoms with E-state index in [1.165, 1.54) is 0 Å². The summed E-state index contributed by atoms with van der Waals surface area (Å²) in [6.07, 6.45) is 2.63. The SMILES string of the molecule is Cl.NC1(CO)CCCOCC1. The van der Waals surface area contributed by atoms with Crippen LogP contribution in [0.15, 0.2) is 0 Å². The fraction of sp³-hybridized carbons (Fsp3) is 1.00. The second-order valence-corrected chi connectivity index (χ2v) is 2.99. The quantitative estimate of drug-likeness (QED) is 0.612. The molecule has 1 aliphatic heterocycles. The average molecular weight is 182 g/mol. The topological polar surface area (TPSA) is 55.5 Å². The molecule has 1 saturated heterocycles. The maximum Gasteiger partial charge on any atom is 0.0612 e. The van der Waals surface area contributed by atoms with Crippen LogP contribution in [0.3, 0.4) is 0 Å². The van der Waals surface area contributed by atoms with E-state index in [4.69, 9.17) is 15.6 Å². The summed E-state index contributed by atoms with van der Waals surface area (Å²) in [6, 6.07) is 0. The first-order valence-corrected chi connectivity index (χ1v) is 3.74. The zero-order chi connectivity index (χ0) is 7.45. The van der Waals surface area contributed by atoms with Gasteiger partial charge in [0.25, 0.3) is 0 Å². The number of halogens is 1. The highest BCUT2D eigenvalue weighted by atomic mass is 35.5. The zero-order valence-electron chi connectivity index (χ0n) is 6.58. The molecule has 1 aliphatic rings. The number of rotatable bonds is 1. The Balaban J connectivity index is 0.000001000. The van der Waals surface area contributed by atoms with Crippen molar-refractivity contribution in [1.82, 2.24) is 0 Å². The standard InChI is InChI=1S/C7H15NO2.ClH/c8-7(6-9)2-1-4-10-5-3-7;/h9H,1-6,8H2;1H. The number of ether oxygens (including phenoxy) is 1. The Morgan fingerprint density at radius 1 is 1.36 bits per heavy atom. The van der Waals surface area contributed by atoms with Gasteiger partial charge in [0.05, 0.1) is 6.61 Å². The van der Waals surface area contributed by atoms with Gasteiger partial charge in [0.15, 0.2) is 0 Å². The van der Waals surface area contributed by atoms with E-state index >= 15 is 0 Å². The highest BCUT2D eigenvalue weighted by molar-refractivity contribution is 5.85. The summed E-state index contributed by atoms with van der Waals surface area (Å²) in [4.78, 5) is 0. The summed E-state index contributed by atoms with van der Waals surface area (Å²) in [5, 5.41) is 8.89. The number of hydrogen-bond acceptors (Lipinski definition) is 3. The predicted molar refractivity (Wildman–Crippen MR) is 45.9 cm³/mol. The molecule has 1 atom stereocenters. The van der Waals surface area contributed by atoms with E-state index in [0.29, 0.717) is 6.61 Å². The Hall–Kier alpha value is 0.170. The minimum absolute atomic E-state index is 0. The van der Waals surface area contributed by atoms with Gasteiger partial charge in [-0.25, -0.2) is 0 Å². The molecule has 0 saturated carbocycles. The highest BCUT2D eigenvalue weighted by Gasteiger charge is 2.24. The molecule has 4 heteroatoms. The Bertz CT molecular complexity index is 103. The lowest BCUT2D eigenvalue weighted by Crippen LogP contribution is -2.43. The Morgan fingerprint density at radius 3 is 2.73 bits per heavy atom. The summed E-state index contributed by atoms with van der Waals surface area (Å²) < 4.78 is 5.20. The molecule has 1 rings (SSSR count). The molecule has 0 aromatic rings. The molecule has 0 radical (unpaired) electrons. The van der Waals surface area contributed by atoms with Gasteiger partial charge in [-0.2, -0.15) is 0 Å². The Morgan fingerprint density at radius 2 is 2.09 bits per heavy atom. The minimum Gasteiger partial charge on any atom is -0.394 e. The second-order valence-electron chi connectivity index (χ2n) is 2.99. The maximum atomic E-state index is 8.89. The van der Waals surface area contributed by atoms with E-state index < -0.39 is 0 Å². The van der Waals surface area contributed by atoms with Gasteiger partial charge in [0.1, 0.15) is 0 Å². The lowest BCUT2D eigenvalue weighted by Gasteiger charge is -2.23. The number of aliphatic hydroxyl groups excluding tert-OH is 1. The van der Waals surface area contributed by atoms with Crippen LogP contribution in [0.5, 0.6) is 0 Å². The first kappa shape index (κ1) is 11.2. The average Bonchev–Trinajstić information content (AvgIpc) is 2.15. The molecule has 0 spiro atoms. The van der Waals surface area contributed by atoms with E-state index in [2.05, 4.69) is 0 Å². The van der Waals surface area contributed by atoms with E-state index in [1.54, 1.807) is 0 Å². The van der Waals surface area contributed by atoms with E-state index in [0.717, 1.165) is 25.9 Å². The lowest BCUT2D eigenvalue weighted by molar-refractivity contribution is 0.128. The summed E-state index contributed by atoms with van der Waals surface area (Å²) in [7, 11) is 0. The van der Waals surface area contributed by atoms with Crippen LogP contribution in [-0.2, 0) is 4.74 Å². The summed E-state index contributed by atoms with van der Waals surface area (Å²) in [6.45, 7) is 1.56. The molecular weight excluding hydrogens is 166 g/mol. The lowest BCUT2D eigenvalue weighted by atomic mass is 9.93. The third kappa shape index (κ3) is 3.38. The van der Waals surface area contributed by atoms with Crippen molar-refractivity contribution in [2.75, 3.05) is 19.8 Å². The molecule has 68 valence electrons. The number of nitrogens with two attached hydrogens (primary N) is 1. The molecule has 1 heterocycles. The minimum atomic E-state index is -0.365. The van der Waals surface area contributed by atoms with Crippen LogP contribution in [0.2, 0.25) is 0 Å². The van der Waals surface area contributed by atoms with Gasteiger partial charge < -0.3 is 15.6 Å². The van der Waals surface area contributed by atoms with Crippen molar-refractivity contribution in [3.8, 4) is 0 Å². The number of aliphatic hydroxyl groups is 1. The van der Waals surface area contributed by atoms with Crippen molar-refractivity contribution in [1.29, 1.82) is 0 Å². The van der Waals surface area contributed by atoms with Gasteiger partial charge in [-0.05, 0) is 19.3 Å². The molecular formula is C7H16ClNO2. The third-order valence-electron chi connectivity index (χ3n) is 2.02. The first-order valence-electron chi connectivity index (χ1n) is 3.74. The Labute approximate surface area is 73.3 Å². The van der Waals surface area contributed by atoms with Gasteiger partial charge in [0.2, 0.25) is 0 Å². The monoisotopic (exact) mass is 181 g/mol. The smallest absolute Gasteiger partial charge is 0.0612 e. The van der Waals surface area contributed by atoms with Crippen molar-refractivity contribution in [3.05, 3.63) is 0 Å². The van der Waals surface area contributed by atoms with Gasteiger partial charge in [-0.15, -0.1) is 12.4 Å². The van der Waals surface area contributed by atoms with Gasteiger partial charge >= 0.3 is 0 Å². The summed E-state index contributed by atoms with van der Waals surface area (Å²) >= 11 is 0. The highest BCUT2D eigenvalue weighted by Crippen LogP contribution is 2.16. The Kier molecular flexibility index (Phi) is 5.01. The van der Waals surface area contributed by atoms with Crippen molar-refractivity contribution >= 4 is 12.4 Å². The second kappa shape index (κ2) is 4.93. The first-order chi connectivity index (χ1) is 4.77. The predicted octanol–water partition coefficient (Wildman–Crippen LogP) is 0.298. The molecule has 0 bridgehead atoms. The van der Waals surface area contributed by atoms with Gasteiger partial charge in [-0.3, -0.25) is 0 Å². The molecule has 1 unspecified atom stereocenters. The molecule has 3 N–H and O–H groups in total. The van der Waals surface area contributed by atoms with Crippen LogP contribution in [0.4, 0.5) is 0 Å². The summed E-state index contributed by atoms with van der Waals surface area (Å²) in [5.41, 5.74) is 5.46. The van der Waals surface area contributed by atoms with Crippen molar-refractivity contribution < 1.29 is 9.84 Å². The normalized spacial score (nSPS) is 32.2. The fourth-order valence-electron chi connectivity index (χ4n) is 1.19. The van der Waals surface area contributed by atoms with Crippen molar-refractivity contribution in [3.63, 3.8) is 0 Å². The van der Waals surface area contributed by atoms with E-state index in [-0.39, 0.29) is 24.6 Å². The van der Waals surface area contributed by atoms with Gasteiger partial charge in [-0.1, -0.05) is 0 Å². The van der Waals surface area contributed by atoms with E-state index in [9.17, 15) is 0 Å². The molecule has 3 nitrogen and oxygen atoms in total. The molecule has 0 aromatic carbocycles. The van der Waals surface area contributed by atoms with Crippen LogP contribution in [0.1, 0.15) is 19.3 Å². The molecule has 0 aromatic heterocycles.